The Kier molecular flexibility index (Phi) is 6.88. The minimum Gasteiger partial charge on any atom is -0.494 e. The first-order valence-electron chi connectivity index (χ1n) is 9.00. The lowest BCUT2D eigenvalue weighted by atomic mass is 10.2. The van der Waals surface area contributed by atoms with Crippen molar-refractivity contribution >= 4 is 39.5 Å². The van der Waals surface area contributed by atoms with Gasteiger partial charge in [-0.1, -0.05) is 30.7 Å². The summed E-state index contributed by atoms with van der Waals surface area (Å²) < 4.78 is 44.5. The zero-order valence-corrected chi connectivity index (χ0v) is 17.4. The monoisotopic (exact) mass is 454 g/mol. The van der Waals surface area contributed by atoms with E-state index in [1.807, 2.05) is 6.92 Å². The largest absolute Gasteiger partial charge is 0.494 e. The maximum atomic E-state index is 13.0. The number of carbonyl (C=O) groups is 2. The van der Waals surface area contributed by atoms with Crippen LogP contribution in [0.2, 0.25) is 0 Å². The van der Waals surface area contributed by atoms with Gasteiger partial charge in [-0.15, -0.1) is 11.3 Å². The minimum absolute atomic E-state index is 0.0840. The fourth-order valence-corrected chi connectivity index (χ4v) is 4.16. The normalized spacial score (nSPS) is 11.3. The lowest BCUT2D eigenvalue weighted by molar-refractivity contribution is -0.0882. The van der Waals surface area contributed by atoms with Crippen molar-refractivity contribution in [2.45, 2.75) is 25.9 Å². The van der Waals surface area contributed by atoms with Crippen LogP contribution < -0.4 is 10.1 Å². The summed E-state index contributed by atoms with van der Waals surface area (Å²) in [5.41, 5.74) is 0.196. The Morgan fingerprint density at radius 1 is 1.17 bits per heavy atom. The van der Waals surface area contributed by atoms with E-state index in [-0.39, 0.29) is 16.4 Å². The molecule has 0 unspecified atom stereocenters. The molecular weight excluding hydrogens is 437 g/mol. The molecule has 0 saturated carbocycles. The number of hydrogen-bond donors (Lipinski definition) is 1. The van der Waals surface area contributed by atoms with Crippen molar-refractivity contribution in [1.82, 2.24) is 4.98 Å². The maximum absolute atomic E-state index is 13.0. The Balaban J connectivity index is 1.79. The van der Waals surface area contributed by atoms with Gasteiger partial charge in [0.2, 0.25) is 0 Å². The van der Waals surface area contributed by atoms with E-state index in [0.29, 0.717) is 28.6 Å². The molecule has 5 nitrogen and oxygen atoms in total. The SMILES string of the molecule is CCCCOc1ccc(C(=O)Nc2nc(-c3cccs3)c(C(=O)C(F)(F)F)s2)cc1. The van der Waals surface area contributed by atoms with Gasteiger partial charge in [0, 0.05) is 5.56 Å². The van der Waals surface area contributed by atoms with Crippen molar-refractivity contribution in [2.24, 2.45) is 0 Å². The smallest absolute Gasteiger partial charge is 0.455 e. The first-order valence-corrected chi connectivity index (χ1v) is 10.7. The van der Waals surface area contributed by atoms with Gasteiger partial charge >= 0.3 is 6.18 Å². The molecule has 1 amide bonds. The van der Waals surface area contributed by atoms with Crippen molar-refractivity contribution in [1.29, 1.82) is 0 Å². The number of ketones is 1. The molecule has 0 aliphatic heterocycles. The van der Waals surface area contributed by atoms with Crippen LogP contribution in [-0.2, 0) is 0 Å². The van der Waals surface area contributed by atoms with Crippen LogP contribution >= 0.6 is 22.7 Å². The van der Waals surface area contributed by atoms with Crippen LogP contribution in [-0.4, -0.2) is 29.5 Å². The predicted octanol–water partition coefficient (Wildman–Crippen LogP) is 6.05. The Labute approximate surface area is 178 Å². The molecule has 0 aliphatic carbocycles. The Morgan fingerprint density at radius 3 is 2.50 bits per heavy atom. The lowest BCUT2D eigenvalue weighted by Crippen LogP contribution is -2.22. The second-order valence-corrected chi connectivity index (χ2v) is 8.13. The standard InChI is InChI=1S/C20H17F3N2O3S2/c1-2-3-10-28-13-8-6-12(7-9-13)18(27)25-19-24-15(14-5-4-11-29-14)16(30-19)17(26)20(21,22)23/h4-9,11H,2-3,10H2,1H3,(H,24,25,27). The van der Waals surface area contributed by atoms with Crippen molar-refractivity contribution in [3.05, 3.63) is 52.2 Å². The molecule has 1 aromatic carbocycles. The summed E-state index contributed by atoms with van der Waals surface area (Å²) in [5, 5.41) is 4.05. The average molecular weight is 454 g/mol. The number of halogens is 3. The van der Waals surface area contributed by atoms with E-state index in [0.717, 1.165) is 24.2 Å². The summed E-state index contributed by atoms with van der Waals surface area (Å²) in [4.78, 5) is 28.2. The number of amides is 1. The van der Waals surface area contributed by atoms with E-state index in [2.05, 4.69) is 10.3 Å². The number of Topliss-reactive ketones (excluding diaryl/α,β-unsaturated/α-hetero) is 1. The van der Waals surface area contributed by atoms with Gasteiger partial charge in [-0.25, -0.2) is 4.98 Å². The highest BCUT2D eigenvalue weighted by atomic mass is 32.1. The van der Waals surface area contributed by atoms with Gasteiger partial charge in [0.1, 0.15) is 16.3 Å². The molecular formula is C20H17F3N2O3S2. The second-order valence-electron chi connectivity index (χ2n) is 6.18. The molecule has 0 bridgehead atoms. The third-order valence-electron chi connectivity index (χ3n) is 3.95. The van der Waals surface area contributed by atoms with Gasteiger partial charge < -0.3 is 4.74 Å². The Hall–Kier alpha value is -2.72. The van der Waals surface area contributed by atoms with Crippen molar-refractivity contribution in [3.63, 3.8) is 0 Å². The number of carbonyl (C=O) groups excluding carboxylic acids is 2. The summed E-state index contributed by atoms with van der Waals surface area (Å²) in [6.45, 7) is 2.62. The number of thiazole rings is 1. The Bertz CT molecular complexity index is 1010. The van der Waals surface area contributed by atoms with Crippen LogP contribution in [0.3, 0.4) is 0 Å². The van der Waals surface area contributed by atoms with E-state index in [1.54, 1.807) is 41.8 Å². The quantitative estimate of drug-likeness (QED) is 0.332. The van der Waals surface area contributed by atoms with Crippen LogP contribution in [0.1, 0.15) is 39.8 Å². The third kappa shape index (κ3) is 5.25. The number of anilines is 1. The summed E-state index contributed by atoms with van der Waals surface area (Å²) in [5.74, 6) is -1.92. The number of rotatable bonds is 8. The Morgan fingerprint density at radius 2 is 1.90 bits per heavy atom. The molecule has 2 heterocycles. The zero-order valence-electron chi connectivity index (χ0n) is 15.8. The van der Waals surface area contributed by atoms with Crippen LogP contribution in [0.4, 0.5) is 18.3 Å². The van der Waals surface area contributed by atoms with Gasteiger partial charge in [-0.05, 0) is 42.1 Å². The molecule has 3 rings (SSSR count). The zero-order chi connectivity index (χ0) is 21.7. The van der Waals surface area contributed by atoms with Crippen molar-refractivity contribution in [3.8, 4) is 16.3 Å². The fourth-order valence-electron chi connectivity index (χ4n) is 2.44. The van der Waals surface area contributed by atoms with Crippen LogP contribution in [0.25, 0.3) is 10.6 Å². The summed E-state index contributed by atoms with van der Waals surface area (Å²) >= 11 is 1.66. The molecule has 0 radical (unpaired) electrons. The molecule has 1 N–H and O–H groups in total. The number of nitrogens with zero attached hydrogens (tertiary/aromatic N) is 1. The van der Waals surface area contributed by atoms with E-state index >= 15 is 0 Å². The number of alkyl halides is 3. The molecule has 2 aromatic heterocycles. The minimum atomic E-state index is -5.03. The number of hydrogen-bond acceptors (Lipinski definition) is 6. The van der Waals surface area contributed by atoms with Gasteiger partial charge in [0.15, 0.2) is 5.13 Å². The number of thiophene rings is 1. The van der Waals surface area contributed by atoms with Crippen molar-refractivity contribution < 1.29 is 27.5 Å². The number of benzene rings is 1. The third-order valence-corrected chi connectivity index (χ3v) is 5.80. The summed E-state index contributed by atoms with van der Waals surface area (Å²) in [6.07, 6.45) is -3.12. The second kappa shape index (κ2) is 9.40. The van der Waals surface area contributed by atoms with E-state index < -0.39 is 22.7 Å². The number of nitrogens with one attached hydrogen (secondary N) is 1. The molecule has 30 heavy (non-hydrogen) atoms. The van der Waals surface area contributed by atoms with Crippen LogP contribution in [0.15, 0.2) is 41.8 Å². The summed E-state index contributed by atoms with van der Waals surface area (Å²) in [6, 6.07) is 9.59. The fraction of sp³-hybridized carbons (Fsp3) is 0.250. The summed E-state index contributed by atoms with van der Waals surface area (Å²) in [7, 11) is 0. The van der Waals surface area contributed by atoms with Crippen LogP contribution in [0, 0.1) is 0 Å². The maximum Gasteiger partial charge on any atom is 0.455 e. The molecule has 158 valence electrons. The molecule has 0 aliphatic rings. The number of unbranched alkanes of at least 4 members (excludes halogenated alkanes) is 1. The average Bonchev–Trinajstić information content (AvgIpc) is 3.37. The van der Waals surface area contributed by atoms with E-state index in [1.165, 1.54) is 0 Å². The topological polar surface area (TPSA) is 68.3 Å². The first kappa shape index (κ1) is 22.0. The highest BCUT2D eigenvalue weighted by Gasteiger charge is 2.42. The molecule has 0 saturated heterocycles. The predicted molar refractivity (Wildman–Crippen MR) is 111 cm³/mol. The highest BCUT2D eigenvalue weighted by molar-refractivity contribution is 7.19. The van der Waals surface area contributed by atoms with Crippen LogP contribution in [0.5, 0.6) is 5.75 Å². The van der Waals surface area contributed by atoms with Gasteiger partial charge in [0.05, 0.1) is 11.5 Å². The van der Waals surface area contributed by atoms with Crippen molar-refractivity contribution in [2.75, 3.05) is 11.9 Å². The number of ether oxygens (including phenoxy) is 1. The molecule has 0 fully saturated rings. The molecule has 0 spiro atoms. The lowest BCUT2D eigenvalue weighted by Gasteiger charge is -2.06. The van der Waals surface area contributed by atoms with Gasteiger partial charge in [-0.3, -0.25) is 14.9 Å². The van der Waals surface area contributed by atoms with E-state index in [4.69, 9.17) is 4.74 Å². The van der Waals surface area contributed by atoms with Gasteiger partial charge in [-0.2, -0.15) is 13.2 Å². The highest BCUT2D eigenvalue weighted by Crippen LogP contribution is 2.37. The molecule has 0 atom stereocenters. The molecule has 3 aromatic rings. The van der Waals surface area contributed by atoms with E-state index in [9.17, 15) is 22.8 Å². The van der Waals surface area contributed by atoms with Gasteiger partial charge in [0.25, 0.3) is 11.7 Å². The first-order chi connectivity index (χ1) is 14.3. The number of aromatic nitrogens is 1. The molecule has 10 heteroatoms.